The van der Waals surface area contributed by atoms with Crippen molar-refractivity contribution < 1.29 is 4.79 Å². The molecule has 1 aliphatic heterocycles. The van der Waals surface area contributed by atoms with Gasteiger partial charge in [0.25, 0.3) is 5.91 Å². The molecule has 1 aromatic heterocycles. The average molecular weight is 248 g/mol. The Morgan fingerprint density at radius 3 is 2.78 bits per heavy atom. The van der Waals surface area contributed by atoms with Gasteiger partial charge in [-0.2, -0.15) is 5.10 Å². The van der Waals surface area contributed by atoms with Crippen molar-refractivity contribution in [3.05, 3.63) is 11.4 Å². The van der Waals surface area contributed by atoms with Gasteiger partial charge in [0.1, 0.15) is 0 Å². The highest BCUT2D eigenvalue weighted by Gasteiger charge is 2.41. The molecule has 1 saturated heterocycles. The van der Waals surface area contributed by atoms with Crippen LogP contribution >= 0.6 is 0 Å². The number of rotatable bonds is 2. The summed E-state index contributed by atoms with van der Waals surface area (Å²) in [6.07, 6.45) is 3.56. The summed E-state index contributed by atoms with van der Waals surface area (Å²) in [5, 5.41) is 7.02. The molecule has 5 heteroatoms. The Kier molecular flexibility index (Phi) is 2.57. The number of nitrogen functional groups attached to an aromatic ring is 1. The van der Waals surface area contributed by atoms with Crippen LogP contribution in [0.4, 0.5) is 5.69 Å². The van der Waals surface area contributed by atoms with Crippen LogP contribution in [-0.4, -0.2) is 33.6 Å². The Bertz CT molecular complexity index is 479. The van der Waals surface area contributed by atoms with Crippen molar-refractivity contribution in [3.63, 3.8) is 0 Å². The summed E-state index contributed by atoms with van der Waals surface area (Å²) in [6, 6.07) is 0.418. The van der Waals surface area contributed by atoms with Crippen molar-refractivity contribution >= 4 is 11.6 Å². The van der Waals surface area contributed by atoms with Crippen LogP contribution in [0.3, 0.4) is 0 Å². The molecule has 0 aromatic carbocycles. The highest BCUT2D eigenvalue weighted by atomic mass is 16.2. The lowest BCUT2D eigenvalue weighted by molar-refractivity contribution is 0.0698. The fourth-order valence-electron chi connectivity index (χ4n) is 3.28. The molecule has 1 saturated carbocycles. The number of nitrogens with zero attached hydrogens (tertiary/aromatic N) is 2. The molecule has 0 radical (unpaired) electrons. The smallest absolute Gasteiger partial charge is 0.276 e. The number of aromatic amines is 1. The summed E-state index contributed by atoms with van der Waals surface area (Å²) in [5.74, 6) is 0.959. The molecule has 2 aliphatic rings. The van der Waals surface area contributed by atoms with Gasteiger partial charge in [0.15, 0.2) is 5.69 Å². The Morgan fingerprint density at radius 2 is 2.28 bits per heavy atom. The number of nitrogens with two attached hydrogens (primary N) is 1. The molecule has 2 atom stereocenters. The zero-order valence-corrected chi connectivity index (χ0v) is 10.9. The molecule has 5 nitrogen and oxygen atoms in total. The molecule has 2 heterocycles. The third-order valence-corrected chi connectivity index (χ3v) is 4.28. The third kappa shape index (κ3) is 1.61. The second-order valence-electron chi connectivity index (χ2n) is 5.84. The summed E-state index contributed by atoms with van der Waals surface area (Å²) >= 11 is 0. The molecule has 2 fully saturated rings. The summed E-state index contributed by atoms with van der Waals surface area (Å²) in [4.78, 5) is 14.4. The van der Waals surface area contributed by atoms with Crippen molar-refractivity contribution in [1.82, 2.24) is 15.1 Å². The van der Waals surface area contributed by atoms with Crippen molar-refractivity contribution in [1.29, 1.82) is 0 Å². The monoisotopic (exact) mass is 248 g/mol. The number of hydrogen-bond donors (Lipinski definition) is 2. The number of hydrogen-bond acceptors (Lipinski definition) is 3. The standard InChI is InChI=1S/C13H20N4O/c1-7(2)11-10(14)12(16-15-11)13(18)17-6-8-3-4-9(17)5-8/h7-9H,3-6,14H2,1-2H3,(H,15,16). The van der Waals surface area contributed by atoms with Gasteiger partial charge in [-0.3, -0.25) is 9.89 Å². The number of amides is 1. The first kappa shape index (κ1) is 11.6. The number of likely N-dealkylation sites (tertiary alicyclic amines) is 1. The van der Waals surface area contributed by atoms with E-state index in [0.717, 1.165) is 25.1 Å². The van der Waals surface area contributed by atoms with Crippen molar-refractivity contribution in [3.8, 4) is 0 Å². The maximum absolute atomic E-state index is 12.5. The molecule has 1 aliphatic carbocycles. The molecular weight excluding hydrogens is 228 g/mol. The first-order valence-electron chi connectivity index (χ1n) is 6.72. The maximum Gasteiger partial charge on any atom is 0.276 e. The Hall–Kier alpha value is -1.52. The first-order chi connectivity index (χ1) is 8.58. The fraction of sp³-hybridized carbons (Fsp3) is 0.692. The lowest BCUT2D eigenvalue weighted by Crippen LogP contribution is -2.38. The number of aromatic nitrogens is 2. The van der Waals surface area contributed by atoms with Gasteiger partial charge in [-0.25, -0.2) is 0 Å². The van der Waals surface area contributed by atoms with E-state index in [1.165, 1.54) is 6.42 Å². The minimum absolute atomic E-state index is 0.00264. The number of fused-ring (bicyclic) bond motifs is 2. The van der Waals surface area contributed by atoms with Crippen LogP contribution in [0.2, 0.25) is 0 Å². The Balaban J connectivity index is 1.85. The predicted octanol–water partition coefficient (Wildman–Crippen LogP) is 1.74. The number of carbonyl (C=O) groups excluding carboxylic acids is 1. The number of H-pyrrole nitrogens is 1. The van der Waals surface area contributed by atoms with Crippen LogP contribution in [-0.2, 0) is 0 Å². The van der Waals surface area contributed by atoms with Crippen LogP contribution in [0.25, 0.3) is 0 Å². The minimum Gasteiger partial charge on any atom is -0.395 e. The molecule has 2 unspecified atom stereocenters. The van der Waals surface area contributed by atoms with Gasteiger partial charge in [0.2, 0.25) is 0 Å². The van der Waals surface area contributed by atoms with Crippen LogP contribution in [0, 0.1) is 5.92 Å². The van der Waals surface area contributed by atoms with E-state index < -0.39 is 0 Å². The van der Waals surface area contributed by atoms with Crippen LogP contribution in [0.5, 0.6) is 0 Å². The zero-order valence-electron chi connectivity index (χ0n) is 10.9. The SMILES string of the molecule is CC(C)c1[nH]nc(C(=O)N2CC3CCC2C3)c1N. The molecule has 3 N–H and O–H groups in total. The molecule has 0 spiro atoms. The summed E-state index contributed by atoms with van der Waals surface area (Å²) in [7, 11) is 0. The zero-order chi connectivity index (χ0) is 12.9. The molecule has 2 bridgehead atoms. The van der Waals surface area contributed by atoms with E-state index in [4.69, 9.17) is 5.73 Å². The topological polar surface area (TPSA) is 75.0 Å². The van der Waals surface area contributed by atoms with E-state index >= 15 is 0 Å². The first-order valence-corrected chi connectivity index (χ1v) is 6.72. The van der Waals surface area contributed by atoms with Gasteiger partial charge in [-0.05, 0) is 31.1 Å². The summed E-state index contributed by atoms with van der Waals surface area (Å²) in [6.45, 7) is 4.96. The van der Waals surface area contributed by atoms with Gasteiger partial charge in [0, 0.05) is 12.6 Å². The van der Waals surface area contributed by atoms with Crippen molar-refractivity contribution in [2.75, 3.05) is 12.3 Å². The predicted molar refractivity (Wildman–Crippen MR) is 69.3 cm³/mol. The number of carbonyl (C=O) groups is 1. The lowest BCUT2D eigenvalue weighted by atomic mass is 10.1. The molecular formula is C13H20N4O. The van der Waals surface area contributed by atoms with E-state index in [-0.39, 0.29) is 11.8 Å². The fourth-order valence-corrected chi connectivity index (χ4v) is 3.28. The van der Waals surface area contributed by atoms with Gasteiger partial charge in [-0.1, -0.05) is 13.8 Å². The average Bonchev–Trinajstić information content (AvgIpc) is 3.01. The van der Waals surface area contributed by atoms with E-state index in [1.807, 2.05) is 18.7 Å². The van der Waals surface area contributed by atoms with E-state index in [9.17, 15) is 4.79 Å². The van der Waals surface area contributed by atoms with E-state index in [2.05, 4.69) is 10.2 Å². The highest BCUT2D eigenvalue weighted by Crippen LogP contribution is 2.38. The third-order valence-electron chi connectivity index (χ3n) is 4.28. The second-order valence-corrected chi connectivity index (χ2v) is 5.84. The van der Waals surface area contributed by atoms with Gasteiger partial charge in [0.05, 0.1) is 11.4 Å². The van der Waals surface area contributed by atoms with Crippen LogP contribution in [0.15, 0.2) is 0 Å². The van der Waals surface area contributed by atoms with Crippen LogP contribution < -0.4 is 5.73 Å². The molecule has 18 heavy (non-hydrogen) atoms. The number of piperidine rings is 1. The summed E-state index contributed by atoms with van der Waals surface area (Å²) < 4.78 is 0. The number of nitrogens with one attached hydrogen (secondary N) is 1. The Labute approximate surface area is 107 Å². The largest absolute Gasteiger partial charge is 0.395 e. The minimum atomic E-state index is 0.00264. The van der Waals surface area contributed by atoms with Gasteiger partial charge < -0.3 is 10.6 Å². The van der Waals surface area contributed by atoms with Crippen LogP contribution in [0.1, 0.15) is 55.2 Å². The lowest BCUT2D eigenvalue weighted by Gasteiger charge is -2.26. The molecule has 1 amide bonds. The Morgan fingerprint density at radius 1 is 1.50 bits per heavy atom. The van der Waals surface area contributed by atoms with Gasteiger partial charge >= 0.3 is 0 Å². The second kappa shape index (κ2) is 4.00. The molecule has 3 rings (SSSR count). The van der Waals surface area contributed by atoms with Crippen molar-refractivity contribution in [2.24, 2.45) is 5.92 Å². The maximum atomic E-state index is 12.5. The van der Waals surface area contributed by atoms with E-state index in [0.29, 0.717) is 23.3 Å². The molecule has 1 aromatic rings. The van der Waals surface area contributed by atoms with Gasteiger partial charge in [-0.15, -0.1) is 0 Å². The quantitative estimate of drug-likeness (QED) is 0.837. The summed E-state index contributed by atoms with van der Waals surface area (Å²) in [5.41, 5.74) is 7.83. The molecule has 98 valence electrons. The highest BCUT2D eigenvalue weighted by molar-refractivity contribution is 5.98. The normalized spacial score (nSPS) is 26.3. The van der Waals surface area contributed by atoms with E-state index in [1.54, 1.807) is 0 Å². The number of anilines is 1. The van der Waals surface area contributed by atoms with Crippen molar-refractivity contribution in [2.45, 2.75) is 45.1 Å².